The molecule has 7 heteroatoms. The Morgan fingerprint density at radius 2 is 2.47 bits per heavy atom. The summed E-state index contributed by atoms with van der Waals surface area (Å²) in [5, 5.41) is 6.03. The van der Waals surface area contributed by atoms with Crippen molar-refractivity contribution in [1.82, 2.24) is 9.88 Å². The molecule has 5 nitrogen and oxygen atoms in total. The summed E-state index contributed by atoms with van der Waals surface area (Å²) in [6.07, 6.45) is 1.90. The number of hydrogen-bond donors (Lipinski definition) is 1. The van der Waals surface area contributed by atoms with E-state index in [1.165, 1.54) is 0 Å². The largest absolute Gasteiger partial charge is 0.323 e. The fourth-order valence-electron chi connectivity index (χ4n) is 1.95. The molecule has 98 valence electrons. The van der Waals surface area contributed by atoms with Gasteiger partial charge in [-0.3, -0.25) is 9.79 Å². The zero-order chi connectivity index (χ0) is 13.2. The summed E-state index contributed by atoms with van der Waals surface area (Å²) in [6.45, 7) is 1.66. The van der Waals surface area contributed by atoms with E-state index >= 15 is 0 Å². The van der Waals surface area contributed by atoms with Gasteiger partial charge in [-0.2, -0.15) is 0 Å². The SMILES string of the molecule is O=C(CC1=CSC2=NCCN12)Nc1cccnc1Cl. The molecule has 1 aromatic heterocycles. The van der Waals surface area contributed by atoms with Crippen LogP contribution in [0.25, 0.3) is 0 Å². The molecule has 0 unspecified atom stereocenters. The molecule has 0 aromatic carbocycles. The highest BCUT2D eigenvalue weighted by Gasteiger charge is 2.27. The van der Waals surface area contributed by atoms with Crippen LogP contribution in [-0.2, 0) is 4.79 Å². The molecule has 0 fully saturated rings. The molecule has 0 aliphatic carbocycles. The van der Waals surface area contributed by atoms with Crippen LogP contribution in [0.15, 0.2) is 34.4 Å². The molecular formula is C12H11ClN4OS. The number of aliphatic imine (C=N–C) groups is 1. The van der Waals surface area contributed by atoms with Gasteiger partial charge in [-0.25, -0.2) is 4.98 Å². The number of halogens is 1. The number of carbonyl (C=O) groups excluding carboxylic acids is 1. The first-order valence-electron chi connectivity index (χ1n) is 5.82. The van der Waals surface area contributed by atoms with E-state index in [4.69, 9.17) is 11.6 Å². The number of carbonyl (C=O) groups is 1. The Morgan fingerprint density at radius 1 is 1.58 bits per heavy atom. The van der Waals surface area contributed by atoms with Crippen LogP contribution in [-0.4, -0.2) is 34.0 Å². The quantitative estimate of drug-likeness (QED) is 0.869. The van der Waals surface area contributed by atoms with Crippen molar-refractivity contribution < 1.29 is 4.79 Å². The van der Waals surface area contributed by atoms with Crippen molar-refractivity contribution in [2.24, 2.45) is 4.99 Å². The molecule has 0 spiro atoms. The first kappa shape index (κ1) is 12.5. The summed E-state index contributed by atoms with van der Waals surface area (Å²) in [6, 6.07) is 3.46. The van der Waals surface area contributed by atoms with Gasteiger partial charge < -0.3 is 10.2 Å². The van der Waals surface area contributed by atoms with E-state index in [0.717, 1.165) is 24.0 Å². The number of aromatic nitrogens is 1. The van der Waals surface area contributed by atoms with Crippen LogP contribution in [0.3, 0.4) is 0 Å². The number of fused-ring (bicyclic) bond motifs is 1. The highest BCUT2D eigenvalue weighted by Crippen LogP contribution is 2.31. The average Bonchev–Trinajstić information content (AvgIpc) is 2.97. The van der Waals surface area contributed by atoms with Crippen molar-refractivity contribution in [3.8, 4) is 0 Å². The zero-order valence-electron chi connectivity index (χ0n) is 9.97. The van der Waals surface area contributed by atoms with E-state index in [0.29, 0.717) is 17.3 Å². The minimum atomic E-state index is -0.102. The smallest absolute Gasteiger partial charge is 0.230 e. The molecule has 2 aliphatic rings. The van der Waals surface area contributed by atoms with E-state index in [-0.39, 0.29) is 5.91 Å². The van der Waals surface area contributed by atoms with Crippen LogP contribution < -0.4 is 5.32 Å². The Morgan fingerprint density at radius 3 is 3.32 bits per heavy atom. The second kappa shape index (κ2) is 5.22. The van der Waals surface area contributed by atoms with Crippen LogP contribution in [0.1, 0.15) is 6.42 Å². The predicted molar refractivity (Wildman–Crippen MR) is 77.2 cm³/mol. The van der Waals surface area contributed by atoms with Gasteiger partial charge in [-0.15, -0.1) is 0 Å². The number of amides is 1. The summed E-state index contributed by atoms with van der Waals surface area (Å²) in [5.41, 5.74) is 1.52. The Labute approximate surface area is 119 Å². The Kier molecular flexibility index (Phi) is 3.44. The third-order valence-corrected chi connectivity index (χ3v) is 4.07. The minimum Gasteiger partial charge on any atom is -0.323 e. The lowest BCUT2D eigenvalue weighted by molar-refractivity contribution is -0.115. The van der Waals surface area contributed by atoms with E-state index in [2.05, 4.69) is 20.2 Å². The number of amidine groups is 1. The number of anilines is 1. The molecule has 1 amide bonds. The van der Waals surface area contributed by atoms with Crippen molar-refractivity contribution in [3.63, 3.8) is 0 Å². The van der Waals surface area contributed by atoms with Crippen molar-refractivity contribution in [1.29, 1.82) is 0 Å². The molecule has 0 bridgehead atoms. The fraction of sp³-hybridized carbons (Fsp3) is 0.250. The van der Waals surface area contributed by atoms with Crippen LogP contribution in [0.5, 0.6) is 0 Å². The topological polar surface area (TPSA) is 57.6 Å². The first-order chi connectivity index (χ1) is 9.24. The van der Waals surface area contributed by atoms with Crippen molar-refractivity contribution >= 4 is 40.1 Å². The molecule has 19 heavy (non-hydrogen) atoms. The lowest BCUT2D eigenvalue weighted by Gasteiger charge is -2.16. The summed E-state index contributed by atoms with van der Waals surface area (Å²) in [7, 11) is 0. The summed E-state index contributed by atoms with van der Waals surface area (Å²) in [5.74, 6) is -0.102. The van der Waals surface area contributed by atoms with E-state index < -0.39 is 0 Å². The number of hydrogen-bond acceptors (Lipinski definition) is 5. The number of thioether (sulfide) groups is 1. The monoisotopic (exact) mass is 294 g/mol. The molecule has 3 rings (SSSR count). The van der Waals surface area contributed by atoms with Gasteiger partial charge in [0.2, 0.25) is 5.91 Å². The highest BCUT2D eigenvalue weighted by atomic mass is 35.5. The third-order valence-electron chi connectivity index (χ3n) is 2.82. The van der Waals surface area contributed by atoms with Gasteiger partial charge in [-0.1, -0.05) is 23.4 Å². The molecule has 0 radical (unpaired) electrons. The highest BCUT2D eigenvalue weighted by molar-refractivity contribution is 8.16. The van der Waals surface area contributed by atoms with Crippen molar-refractivity contribution in [2.75, 3.05) is 18.4 Å². The maximum atomic E-state index is 12.0. The van der Waals surface area contributed by atoms with Gasteiger partial charge in [0.05, 0.1) is 18.7 Å². The lowest BCUT2D eigenvalue weighted by Crippen LogP contribution is -2.24. The number of nitrogens with zero attached hydrogens (tertiary/aromatic N) is 3. The molecule has 1 N–H and O–H groups in total. The van der Waals surface area contributed by atoms with Crippen LogP contribution in [0.4, 0.5) is 5.69 Å². The summed E-state index contributed by atoms with van der Waals surface area (Å²) >= 11 is 7.47. The van der Waals surface area contributed by atoms with Crippen molar-refractivity contribution in [2.45, 2.75) is 6.42 Å². The van der Waals surface area contributed by atoms with Crippen LogP contribution >= 0.6 is 23.4 Å². The maximum Gasteiger partial charge on any atom is 0.230 e. The van der Waals surface area contributed by atoms with Gasteiger partial charge in [0.1, 0.15) is 0 Å². The predicted octanol–water partition coefficient (Wildman–Crippen LogP) is 2.32. The standard InChI is InChI=1S/C12H11ClN4OS/c13-11-9(2-1-3-14-11)16-10(18)6-8-7-19-12-15-4-5-17(8)12/h1-3,7H,4-6H2,(H,16,18). The van der Waals surface area contributed by atoms with Gasteiger partial charge in [0, 0.05) is 18.4 Å². The first-order valence-corrected chi connectivity index (χ1v) is 7.08. The molecule has 0 atom stereocenters. The summed E-state index contributed by atoms with van der Waals surface area (Å²) < 4.78 is 0. The van der Waals surface area contributed by atoms with Crippen molar-refractivity contribution in [3.05, 3.63) is 34.6 Å². The maximum absolute atomic E-state index is 12.0. The lowest BCUT2D eigenvalue weighted by atomic mass is 10.3. The van der Waals surface area contributed by atoms with E-state index in [9.17, 15) is 4.79 Å². The normalized spacial score (nSPS) is 17.0. The fourth-order valence-corrected chi connectivity index (χ4v) is 3.07. The number of pyridine rings is 1. The average molecular weight is 295 g/mol. The van der Waals surface area contributed by atoms with Crippen LogP contribution in [0.2, 0.25) is 5.15 Å². The molecule has 3 heterocycles. The third kappa shape index (κ3) is 2.59. The second-order valence-corrected chi connectivity index (χ2v) is 5.30. The second-order valence-electron chi connectivity index (χ2n) is 4.11. The number of rotatable bonds is 3. The summed E-state index contributed by atoms with van der Waals surface area (Å²) in [4.78, 5) is 22.3. The molecule has 2 aliphatic heterocycles. The number of nitrogens with one attached hydrogen (secondary N) is 1. The molecule has 0 saturated carbocycles. The Bertz CT molecular complexity index is 587. The van der Waals surface area contributed by atoms with Gasteiger partial charge in [-0.05, 0) is 17.5 Å². The van der Waals surface area contributed by atoms with Gasteiger partial charge >= 0.3 is 0 Å². The minimum absolute atomic E-state index is 0.102. The Balaban J connectivity index is 1.64. The van der Waals surface area contributed by atoms with Gasteiger partial charge in [0.15, 0.2) is 10.3 Å². The molecule has 0 saturated heterocycles. The zero-order valence-corrected chi connectivity index (χ0v) is 11.5. The van der Waals surface area contributed by atoms with E-state index in [1.807, 2.05) is 5.41 Å². The van der Waals surface area contributed by atoms with E-state index in [1.54, 1.807) is 30.1 Å². The molecular weight excluding hydrogens is 284 g/mol. The Hall–Kier alpha value is -1.53. The van der Waals surface area contributed by atoms with Gasteiger partial charge in [0.25, 0.3) is 0 Å². The van der Waals surface area contributed by atoms with Crippen LogP contribution in [0, 0.1) is 0 Å². The molecule has 1 aromatic rings.